The molecule has 1 aromatic heterocycles. The van der Waals surface area contributed by atoms with Crippen molar-refractivity contribution in [2.24, 2.45) is 5.92 Å². The molecular formula is C11H15N5O2. The predicted molar refractivity (Wildman–Crippen MR) is 61.4 cm³/mol. The minimum Gasteiger partial charge on any atom is -0.348 e. The summed E-state index contributed by atoms with van der Waals surface area (Å²) in [5.41, 5.74) is 0. The zero-order valence-corrected chi connectivity index (χ0v) is 10.1. The van der Waals surface area contributed by atoms with Crippen molar-refractivity contribution >= 4 is 5.91 Å². The SMILES string of the molecule is CC(C#N)CNC(=O)c1noc(C2CCCN2)n1. The van der Waals surface area contributed by atoms with E-state index in [9.17, 15) is 4.79 Å². The van der Waals surface area contributed by atoms with Crippen molar-refractivity contribution in [3.8, 4) is 6.07 Å². The number of hydrogen-bond donors (Lipinski definition) is 2. The molecule has 2 rings (SSSR count). The van der Waals surface area contributed by atoms with Crippen molar-refractivity contribution in [1.29, 1.82) is 5.26 Å². The minimum absolute atomic E-state index is 0.0174. The number of nitrogens with one attached hydrogen (secondary N) is 2. The molecular weight excluding hydrogens is 234 g/mol. The molecule has 1 aromatic rings. The van der Waals surface area contributed by atoms with Gasteiger partial charge in [0.1, 0.15) is 0 Å². The lowest BCUT2D eigenvalue weighted by molar-refractivity contribution is 0.0937. The van der Waals surface area contributed by atoms with Crippen LogP contribution in [0, 0.1) is 17.2 Å². The Morgan fingerprint density at radius 2 is 2.61 bits per heavy atom. The van der Waals surface area contributed by atoms with Crippen LogP contribution in [-0.2, 0) is 0 Å². The van der Waals surface area contributed by atoms with E-state index in [0.29, 0.717) is 5.89 Å². The molecule has 2 heterocycles. The number of rotatable bonds is 4. The highest BCUT2D eigenvalue weighted by atomic mass is 16.5. The average Bonchev–Trinajstić information content (AvgIpc) is 3.04. The van der Waals surface area contributed by atoms with E-state index in [1.807, 2.05) is 6.07 Å². The molecule has 0 saturated carbocycles. The van der Waals surface area contributed by atoms with Crippen LogP contribution in [-0.4, -0.2) is 29.1 Å². The highest BCUT2D eigenvalue weighted by molar-refractivity contribution is 5.90. The summed E-state index contributed by atoms with van der Waals surface area (Å²) >= 11 is 0. The van der Waals surface area contributed by atoms with Gasteiger partial charge in [-0.25, -0.2) is 0 Å². The van der Waals surface area contributed by atoms with Crippen molar-refractivity contribution in [1.82, 2.24) is 20.8 Å². The molecule has 1 fully saturated rings. The highest BCUT2D eigenvalue weighted by Gasteiger charge is 2.24. The molecule has 1 aliphatic heterocycles. The number of carbonyl (C=O) groups excluding carboxylic acids is 1. The lowest BCUT2D eigenvalue weighted by atomic mass is 10.2. The van der Waals surface area contributed by atoms with E-state index in [4.69, 9.17) is 9.78 Å². The molecule has 0 radical (unpaired) electrons. The van der Waals surface area contributed by atoms with E-state index >= 15 is 0 Å². The van der Waals surface area contributed by atoms with Crippen LogP contribution >= 0.6 is 0 Å². The third-order valence-corrected chi connectivity index (χ3v) is 2.79. The van der Waals surface area contributed by atoms with Gasteiger partial charge in [0.25, 0.3) is 11.7 Å². The molecule has 0 spiro atoms. The summed E-state index contributed by atoms with van der Waals surface area (Å²) in [6, 6.07) is 2.09. The summed E-state index contributed by atoms with van der Waals surface area (Å²) in [7, 11) is 0. The van der Waals surface area contributed by atoms with Crippen LogP contribution in [0.5, 0.6) is 0 Å². The van der Waals surface area contributed by atoms with Gasteiger partial charge in [-0.15, -0.1) is 0 Å². The molecule has 2 N–H and O–H groups in total. The van der Waals surface area contributed by atoms with E-state index in [0.717, 1.165) is 19.4 Å². The van der Waals surface area contributed by atoms with E-state index in [-0.39, 0.29) is 24.3 Å². The topological polar surface area (TPSA) is 104 Å². The van der Waals surface area contributed by atoms with E-state index in [1.54, 1.807) is 6.92 Å². The largest absolute Gasteiger partial charge is 0.348 e. The molecule has 0 bridgehead atoms. The Balaban J connectivity index is 1.93. The third-order valence-electron chi connectivity index (χ3n) is 2.79. The van der Waals surface area contributed by atoms with Crippen molar-refractivity contribution in [3.05, 3.63) is 11.7 Å². The zero-order valence-electron chi connectivity index (χ0n) is 10.1. The van der Waals surface area contributed by atoms with Gasteiger partial charge in [-0.1, -0.05) is 5.16 Å². The van der Waals surface area contributed by atoms with Gasteiger partial charge in [0, 0.05) is 6.54 Å². The lowest BCUT2D eigenvalue weighted by Crippen LogP contribution is -2.28. The summed E-state index contributed by atoms with van der Waals surface area (Å²) in [6.45, 7) is 2.93. The first kappa shape index (κ1) is 12.5. The minimum atomic E-state index is -0.412. The van der Waals surface area contributed by atoms with Gasteiger partial charge in [-0.3, -0.25) is 4.79 Å². The molecule has 0 aliphatic carbocycles. The third kappa shape index (κ3) is 2.84. The van der Waals surface area contributed by atoms with Gasteiger partial charge >= 0.3 is 0 Å². The maximum atomic E-state index is 11.7. The maximum absolute atomic E-state index is 11.7. The van der Waals surface area contributed by atoms with Crippen molar-refractivity contribution < 1.29 is 9.32 Å². The predicted octanol–water partition coefficient (Wildman–Crippen LogP) is 0.384. The Morgan fingerprint density at radius 1 is 1.78 bits per heavy atom. The van der Waals surface area contributed by atoms with Crippen molar-refractivity contribution in [2.45, 2.75) is 25.8 Å². The summed E-state index contributed by atoms with van der Waals surface area (Å²) in [4.78, 5) is 15.7. The molecule has 7 heteroatoms. The zero-order chi connectivity index (χ0) is 13.0. The summed E-state index contributed by atoms with van der Waals surface area (Å²) in [5, 5.41) is 18.1. The van der Waals surface area contributed by atoms with Crippen LogP contribution in [0.15, 0.2) is 4.52 Å². The van der Waals surface area contributed by atoms with E-state index in [2.05, 4.69) is 20.8 Å². The molecule has 1 aliphatic rings. The van der Waals surface area contributed by atoms with Gasteiger partial charge in [0.2, 0.25) is 5.89 Å². The van der Waals surface area contributed by atoms with Crippen LogP contribution in [0.4, 0.5) is 0 Å². The number of nitriles is 1. The number of carbonyl (C=O) groups is 1. The molecule has 18 heavy (non-hydrogen) atoms. The molecule has 7 nitrogen and oxygen atoms in total. The second-order valence-corrected chi connectivity index (χ2v) is 4.35. The number of aromatic nitrogens is 2. The molecule has 0 aromatic carbocycles. The standard InChI is InChI=1S/C11H15N5O2/c1-7(5-12)6-14-10(17)9-15-11(18-16-9)8-3-2-4-13-8/h7-8,13H,2-4,6H2,1H3,(H,14,17). The lowest BCUT2D eigenvalue weighted by Gasteiger charge is -2.03. The Hall–Kier alpha value is -1.94. The maximum Gasteiger partial charge on any atom is 0.292 e. The number of amides is 1. The second kappa shape index (κ2) is 5.60. The quantitative estimate of drug-likeness (QED) is 0.799. The van der Waals surface area contributed by atoms with Crippen LogP contribution in [0.25, 0.3) is 0 Å². The Labute approximate surface area is 105 Å². The molecule has 1 saturated heterocycles. The van der Waals surface area contributed by atoms with Gasteiger partial charge < -0.3 is 15.2 Å². The second-order valence-electron chi connectivity index (χ2n) is 4.35. The fraction of sp³-hybridized carbons (Fsp3) is 0.636. The van der Waals surface area contributed by atoms with Crippen LogP contribution < -0.4 is 10.6 Å². The fourth-order valence-electron chi connectivity index (χ4n) is 1.73. The molecule has 2 atom stereocenters. The normalized spacial score (nSPS) is 20.3. The first-order valence-electron chi connectivity index (χ1n) is 5.95. The molecule has 96 valence electrons. The summed E-state index contributed by atoms with van der Waals surface area (Å²) in [5.74, 6) is -0.184. The van der Waals surface area contributed by atoms with Crippen molar-refractivity contribution in [3.63, 3.8) is 0 Å². The Kier molecular flexibility index (Phi) is 3.89. The Morgan fingerprint density at radius 3 is 3.28 bits per heavy atom. The molecule has 1 amide bonds. The van der Waals surface area contributed by atoms with Crippen LogP contribution in [0.1, 0.15) is 42.3 Å². The number of nitrogens with zero attached hydrogens (tertiary/aromatic N) is 3. The first-order valence-corrected chi connectivity index (χ1v) is 5.95. The van der Waals surface area contributed by atoms with Crippen molar-refractivity contribution in [2.75, 3.05) is 13.1 Å². The monoisotopic (exact) mass is 249 g/mol. The van der Waals surface area contributed by atoms with E-state index in [1.165, 1.54) is 0 Å². The summed E-state index contributed by atoms with van der Waals surface area (Å²) in [6.07, 6.45) is 2.00. The van der Waals surface area contributed by atoms with Gasteiger partial charge in [0.05, 0.1) is 18.0 Å². The highest BCUT2D eigenvalue weighted by Crippen LogP contribution is 2.20. The Bertz CT molecular complexity index is 458. The van der Waals surface area contributed by atoms with Gasteiger partial charge in [-0.05, 0) is 26.3 Å². The van der Waals surface area contributed by atoms with Gasteiger partial charge in [-0.2, -0.15) is 10.2 Å². The van der Waals surface area contributed by atoms with Gasteiger partial charge in [0.15, 0.2) is 0 Å². The van der Waals surface area contributed by atoms with Crippen LogP contribution in [0.3, 0.4) is 0 Å². The molecule has 2 unspecified atom stereocenters. The average molecular weight is 249 g/mol. The van der Waals surface area contributed by atoms with E-state index < -0.39 is 5.91 Å². The first-order chi connectivity index (χ1) is 8.70. The smallest absolute Gasteiger partial charge is 0.292 e. The summed E-state index contributed by atoms with van der Waals surface area (Å²) < 4.78 is 5.05. The number of hydrogen-bond acceptors (Lipinski definition) is 6. The van der Waals surface area contributed by atoms with Crippen LogP contribution in [0.2, 0.25) is 0 Å². The fourth-order valence-corrected chi connectivity index (χ4v) is 1.73.